The van der Waals surface area contributed by atoms with Crippen molar-refractivity contribution in [2.75, 3.05) is 5.75 Å². The number of nitrogens with one attached hydrogen (secondary N) is 1. The second-order valence-electron chi connectivity index (χ2n) is 3.79. The molecular weight excluding hydrogens is 198 g/mol. The zero-order chi connectivity index (χ0) is 10.0. The second kappa shape index (κ2) is 3.65. The molecule has 0 bridgehead atoms. The van der Waals surface area contributed by atoms with Gasteiger partial charge in [0.1, 0.15) is 6.26 Å². The van der Waals surface area contributed by atoms with Gasteiger partial charge in [0.2, 0.25) is 0 Å². The van der Waals surface area contributed by atoms with Crippen molar-refractivity contribution in [1.29, 1.82) is 5.41 Å². The largest absolute Gasteiger partial charge is 0.440 e. The van der Waals surface area contributed by atoms with Gasteiger partial charge in [-0.15, -0.1) is 0 Å². The van der Waals surface area contributed by atoms with Gasteiger partial charge in [0.25, 0.3) is 5.22 Å². The normalized spacial score (nSPS) is 18.0. The summed E-state index contributed by atoms with van der Waals surface area (Å²) in [6.45, 7) is 0. The minimum atomic E-state index is 0.255. The van der Waals surface area contributed by atoms with E-state index in [-0.39, 0.29) is 11.3 Å². The summed E-state index contributed by atoms with van der Waals surface area (Å²) in [6.07, 6.45) is 6.26. The molecule has 0 aromatic carbocycles. The fraction of sp³-hybridized carbons (Fsp3) is 0.556. The highest BCUT2D eigenvalue weighted by Gasteiger charge is 2.43. The molecule has 0 saturated heterocycles. The van der Waals surface area contributed by atoms with E-state index in [2.05, 4.69) is 4.98 Å². The Morgan fingerprint density at radius 1 is 1.71 bits per heavy atom. The van der Waals surface area contributed by atoms with Crippen LogP contribution in [0.3, 0.4) is 0 Å². The van der Waals surface area contributed by atoms with E-state index in [0.29, 0.717) is 11.6 Å². The maximum Gasteiger partial charge on any atom is 0.255 e. The lowest BCUT2D eigenvalue weighted by molar-refractivity contribution is 0.452. The first-order chi connectivity index (χ1) is 6.70. The van der Waals surface area contributed by atoms with Crippen molar-refractivity contribution in [3.63, 3.8) is 0 Å². The Morgan fingerprint density at radius 3 is 3.00 bits per heavy atom. The fourth-order valence-corrected chi connectivity index (χ4v) is 2.53. The molecule has 3 N–H and O–H groups in total. The van der Waals surface area contributed by atoms with Crippen LogP contribution < -0.4 is 5.73 Å². The van der Waals surface area contributed by atoms with E-state index in [0.717, 1.165) is 5.75 Å². The van der Waals surface area contributed by atoms with Crippen LogP contribution in [0.4, 0.5) is 0 Å². The molecule has 1 fully saturated rings. The van der Waals surface area contributed by atoms with E-state index in [4.69, 9.17) is 15.6 Å². The van der Waals surface area contributed by atoms with Gasteiger partial charge in [-0.2, -0.15) is 0 Å². The molecule has 0 amide bonds. The first-order valence-corrected chi connectivity index (χ1v) is 5.54. The van der Waals surface area contributed by atoms with Crippen LogP contribution in [0.2, 0.25) is 0 Å². The molecule has 1 aromatic rings. The summed E-state index contributed by atoms with van der Waals surface area (Å²) in [7, 11) is 0. The van der Waals surface area contributed by atoms with Crippen molar-refractivity contribution in [2.45, 2.75) is 24.5 Å². The molecule has 14 heavy (non-hydrogen) atoms. The topological polar surface area (TPSA) is 75.9 Å². The molecule has 0 aliphatic heterocycles. The van der Waals surface area contributed by atoms with Gasteiger partial charge in [0.15, 0.2) is 0 Å². The summed E-state index contributed by atoms with van der Waals surface area (Å²) in [4.78, 5) is 4.04. The third kappa shape index (κ3) is 2.29. The van der Waals surface area contributed by atoms with E-state index >= 15 is 0 Å². The Kier molecular flexibility index (Phi) is 2.50. The van der Waals surface area contributed by atoms with E-state index in [1.54, 1.807) is 24.2 Å². The van der Waals surface area contributed by atoms with Crippen molar-refractivity contribution in [3.8, 4) is 0 Å². The quantitative estimate of drug-likeness (QED) is 0.443. The van der Waals surface area contributed by atoms with E-state index in [9.17, 15) is 0 Å². The summed E-state index contributed by atoms with van der Waals surface area (Å²) >= 11 is 1.61. The Balaban J connectivity index is 1.83. The van der Waals surface area contributed by atoms with Crippen molar-refractivity contribution < 1.29 is 4.42 Å². The van der Waals surface area contributed by atoms with Crippen molar-refractivity contribution in [1.82, 2.24) is 4.98 Å². The maximum atomic E-state index is 7.27. The minimum Gasteiger partial charge on any atom is -0.440 e. The van der Waals surface area contributed by atoms with Crippen LogP contribution >= 0.6 is 11.8 Å². The number of amidine groups is 1. The monoisotopic (exact) mass is 211 g/mol. The fourth-order valence-electron chi connectivity index (χ4n) is 1.45. The highest BCUT2D eigenvalue weighted by atomic mass is 32.2. The van der Waals surface area contributed by atoms with Gasteiger partial charge in [0, 0.05) is 12.2 Å². The van der Waals surface area contributed by atoms with Crippen molar-refractivity contribution in [3.05, 3.63) is 12.5 Å². The molecule has 0 unspecified atom stereocenters. The van der Waals surface area contributed by atoms with Gasteiger partial charge < -0.3 is 10.2 Å². The number of nitrogens with zero attached hydrogens (tertiary/aromatic N) is 1. The Labute approximate surface area is 86.8 Å². The zero-order valence-corrected chi connectivity index (χ0v) is 8.64. The molecule has 0 atom stereocenters. The molecule has 5 heteroatoms. The lowest BCUT2D eigenvalue weighted by Gasteiger charge is -2.11. The summed E-state index contributed by atoms with van der Waals surface area (Å²) < 4.78 is 5.13. The van der Waals surface area contributed by atoms with Gasteiger partial charge in [-0.1, -0.05) is 11.8 Å². The van der Waals surface area contributed by atoms with Crippen LogP contribution in [-0.4, -0.2) is 16.6 Å². The number of thioether (sulfide) groups is 1. The SMILES string of the molecule is N=C(N)CC1(CSc2ncco2)CC1. The van der Waals surface area contributed by atoms with Crippen LogP contribution in [0, 0.1) is 10.8 Å². The lowest BCUT2D eigenvalue weighted by Crippen LogP contribution is -2.18. The standard InChI is InChI=1S/C9H13N3OS/c10-7(11)5-9(1-2-9)6-14-8-12-3-4-13-8/h3-4H,1-2,5-6H2,(H3,10,11). The number of aromatic nitrogens is 1. The second-order valence-corrected chi connectivity index (χ2v) is 4.72. The maximum absolute atomic E-state index is 7.27. The number of hydrogen-bond acceptors (Lipinski definition) is 4. The molecule has 76 valence electrons. The van der Waals surface area contributed by atoms with Crippen LogP contribution in [-0.2, 0) is 0 Å². The molecule has 2 rings (SSSR count). The van der Waals surface area contributed by atoms with Crippen molar-refractivity contribution in [2.24, 2.45) is 11.1 Å². The molecule has 1 aliphatic rings. The highest BCUT2D eigenvalue weighted by Crippen LogP contribution is 2.51. The number of oxazole rings is 1. The summed E-state index contributed by atoms with van der Waals surface area (Å²) in [5.74, 6) is 1.24. The van der Waals surface area contributed by atoms with Gasteiger partial charge in [-0.3, -0.25) is 5.41 Å². The molecule has 1 aliphatic carbocycles. The third-order valence-corrected chi connectivity index (χ3v) is 3.64. The third-order valence-electron chi connectivity index (χ3n) is 2.43. The first-order valence-electron chi connectivity index (χ1n) is 4.55. The first kappa shape index (κ1) is 9.58. The number of nitrogens with two attached hydrogens (primary N) is 1. The highest BCUT2D eigenvalue weighted by molar-refractivity contribution is 7.99. The summed E-state index contributed by atoms with van der Waals surface area (Å²) in [5, 5.41) is 7.98. The summed E-state index contributed by atoms with van der Waals surface area (Å²) in [6, 6.07) is 0. The molecule has 1 heterocycles. The van der Waals surface area contributed by atoms with Crippen LogP contribution in [0.1, 0.15) is 19.3 Å². The Bertz CT molecular complexity index is 319. The van der Waals surface area contributed by atoms with Gasteiger partial charge in [-0.05, 0) is 18.3 Å². The molecule has 4 nitrogen and oxygen atoms in total. The van der Waals surface area contributed by atoms with E-state index in [1.807, 2.05) is 0 Å². The molecule has 0 spiro atoms. The van der Waals surface area contributed by atoms with Gasteiger partial charge >= 0.3 is 0 Å². The Hall–Kier alpha value is -0.970. The van der Waals surface area contributed by atoms with Crippen molar-refractivity contribution >= 4 is 17.6 Å². The summed E-state index contributed by atoms with van der Waals surface area (Å²) in [5.41, 5.74) is 5.66. The average molecular weight is 211 g/mol. The molecule has 1 saturated carbocycles. The molecule has 0 radical (unpaired) electrons. The van der Waals surface area contributed by atoms with Gasteiger partial charge in [-0.25, -0.2) is 4.98 Å². The zero-order valence-electron chi connectivity index (χ0n) is 7.82. The number of rotatable bonds is 5. The predicted octanol–water partition coefficient (Wildman–Crippen LogP) is 1.87. The average Bonchev–Trinajstić information content (AvgIpc) is 2.68. The smallest absolute Gasteiger partial charge is 0.255 e. The Morgan fingerprint density at radius 2 is 2.50 bits per heavy atom. The number of hydrogen-bond donors (Lipinski definition) is 2. The minimum absolute atomic E-state index is 0.255. The van der Waals surface area contributed by atoms with E-state index in [1.165, 1.54) is 12.8 Å². The van der Waals surface area contributed by atoms with Crippen LogP contribution in [0.15, 0.2) is 22.1 Å². The molecule has 1 aromatic heterocycles. The van der Waals surface area contributed by atoms with Crippen LogP contribution in [0.25, 0.3) is 0 Å². The molecular formula is C9H13N3OS. The lowest BCUT2D eigenvalue weighted by atomic mass is 10.1. The van der Waals surface area contributed by atoms with E-state index < -0.39 is 0 Å². The van der Waals surface area contributed by atoms with Crippen LogP contribution in [0.5, 0.6) is 0 Å². The predicted molar refractivity (Wildman–Crippen MR) is 55.4 cm³/mol. The van der Waals surface area contributed by atoms with Gasteiger partial charge in [0.05, 0.1) is 12.0 Å².